The first-order valence-electron chi connectivity index (χ1n) is 2.95. The van der Waals surface area contributed by atoms with Gasteiger partial charge in [-0.15, -0.1) is 24.8 Å². The zero-order chi connectivity index (χ0) is 5.98. The lowest BCUT2D eigenvalue weighted by atomic mass is 10.1. The van der Waals surface area contributed by atoms with Gasteiger partial charge >= 0.3 is 0 Å². The molecule has 0 bridgehead atoms. The highest BCUT2D eigenvalue weighted by Crippen LogP contribution is 1.98. The topological polar surface area (TPSA) is 58.3 Å². The number of aliphatic hydroxyl groups excluding tert-OH is 1. The minimum atomic E-state index is -0.330. The summed E-state index contributed by atoms with van der Waals surface area (Å²) in [4.78, 5) is 0. The van der Waals surface area contributed by atoms with Gasteiger partial charge < -0.3 is 16.2 Å². The maximum absolute atomic E-state index is 8.99. The molecule has 0 saturated carbocycles. The molecule has 1 rings (SSSR count). The first-order chi connectivity index (χ1) is 3.80. The van der Waals surface area contributed by atoms with E-state index in [0.29, 0.717) is 6.54 Å². The largest absolute Gasteiger partial charge is 0.390 e. The number of halogens is 2. The van der Waals surface area contributed by atoms with Gasteiger partial charge in [0.25, 0.3) is 0 Å². The monoisotopic (exact) mass is 188 g/mol. The summed E-state index contributed by atoms with van der Waals surface area (Å²) in [7, 11) is 0. The number of nitrogens with one attached hydrogen (secondary N) is 1. The van der Waals surface area contributed by atoms with Crippen molar-refractivity contribution in [3.05, 3.63) is 0 Å². The summed E-state index contributed by atoms with van der Waals surface area (Å²) in [5.41, 5.74) is 5.49. The van der Waals surface area contributed by atoms with Gasteiger partial charge in [-0.2, -0.15) is 0 Å². The SMILES string of the molecule is Cl.Cl.N[C@@H]1CCNC[C@H]1O. The van der Waals surface area contributed by atoms with Crippen LogP contribution >= 0.6 is 24.8 Å². The molecule has 0 aromatic carbocycles. The van der Waals surface area contributed by atoms with Crippen molar-refractivity contribution in [2.45, 2.75) is 18.6 Å². The lowest BCUT2D eigenvalue weighted by Crippen LogP contribution is -2.48. The molecule has 0 radical (unpaired) electrons. The molecule has 0 aliphatic carbocycles. The van der Waals surface area contributed by atoms with Crippen molar-refractivity contribution in [3.8, 4) is 0 Å². The highest BCUT2D eigenvalue weighted by Gasteiger charge is 2.17. The van der Waals surface area contributed by atoms with Gasteiger partial charge in [0.1, 0.15) is 0 Å². The van der Waals surface area contributed by atoms with Crippen LogP contribution in [0.15, 0.2) is 0 Å². The molecule has 1 aliphatic rings. The Morgan fingerprint density at radius 3 is 2.30 bits per heavy atom. The van der Waals surface area contributed by atoms with Crippen molar-refractivity contribution < 1.29 is 5.11 Å². The fourth-order valence-electron chi connectivity index (χ4n) is 0.862. The van der Waals surface area contributed by atoms with Gasteiger partial charge in [0.15, 0.2) is 0 Å². The maximum atomic E-state index is 8.99. The summed E-state index contributed by atoms with van der Waals surface area (Å²) in [6.45, 7) is 1.60. The molecular weight excluding hydrogens is 175 g/mol. The van der Waals surface area contributed by atoms with Crippen molar-refractivity contribution in [1.82, 2.24) is 5.32 Å². The van der Waals surface area contributed by atoms with E-state index in [9.17, 15) is 0 Å². The Morgan fingerprint density at radius 2 is 2.00 bits per heavy atom. The molecule has 0 aromatic heterocycles. The summed E-state index contributed by atoms with van der Waals surface area (Å²) in [5, 5.41) is 12.0. The number of nitrogens with two attached hydrogens (primary N) is 1. The van der Waals surface area contributed by atoms with E-state index in [0.717, 1.165) is 13.0 Å². The average molecular weight is 189 g/mol. The van der Waals surface area contributed by atoms with Gasteiger partial charge in [0.05, 0.1) is 6.10 Å². The third-order valence-electron chi connectivity index (χ3n) is 1.50. The highest BCUT2D eigenvalue weighted by atomic mass is 35.5. The van der Waals surface area contributed by atoms with Gasteiger partial charge in [-0.25, -0.2) is 0 Å². The summed E-state index contributed by atoms with van der Waals surface area (Å²) < 4.78 is 0. The summed E-state index contributed by atoms with van der Waals surface area (Å²) >= 11 is 0. The molecule has 1 fully saturated rings. The Balaban J connectivity index is 0. The average Bonchev–Trinajstić information content (AvgIpc) is 1.77. The Kier molecular flexibility index (Phi) is 8.09. The third kappa shape index (κ3) is 3.58. The molecule has 3 nitrogen and oxygen atoms in total. The summed E-state index contributed by atoms with van der Waals surface area (Å²) in [6, 6.07) is -0.00347. The van der Waals surface area contributed by atoms with Crippen LogP contribution in [0.5, 0.6) is 0 Å². The molecule has 0 amide bonds. The second kappa shape index (κ2) is 6.19. The quantitative estimate of drug-likeness (QED) is 0.482. The summed E-state index contributed by atoms with van der Waals surface area (Å²) in [5.74, 6) is 0. The smallest absolute Gasteiger partial charge is 0.0815 e. The van der Waals surface area contributed by atoms with Crippen LogP contribution in [0.2, 0.25) is 0 Å². The van der Waals surface area contributed by atoms with Crippen LogP contribution in [0.4, 0.5) is 0 Å². The van der Waals surface area contributed by atoms with E-state index in [1.165, 1.54) is 0 Å². The molecule has 0 spiro atoms. The van der Waals surface area contributed by atoms with E-state index < -0.39 is 0 Å². The van der Waals surface area contributed by atoms with E-state index in [2.05, 4.69) is 5.32 Å². The number of aliphatic hydroxyl groups is 1. The Morgan fingerprint density at radius 1 is 1.40 bits per heavy atom. The minimum absolute atomic E-state index is 0. The molecule has 5 heteroatoms. The van der Waals surface area contributed by atoms with Crippen LogP contribution in [0, 0.1) is 0 Å². The van der Waals surface area contributed by atoms with Crippen LogP contribution < -0.4 is 11.1 Å². The highest BCUT2D eigenvalue weighted by molar-refractivity contribution is 5.85. The van der Waals surface area contributed by atoms with Crippen LogP contribution in [0.1, 0.15) is 6.42 Å². The van der Waals surface area contributed by atoms with Crippen molar-refractivity contribution in [3.63, 3.8) is 0 Å². The number of rotatable bonds is 0. The fourth-order valence-corrected chi connectivity index (χ4v) is 0.862. The van der Waals surface area contributed by atoms with Gasteiger partial charge in [0.2, 0.25) is 0 Å². The number of hydrogen-bond donors (Lipinski definition) is 3. The van der Waals surface area contributed by atoms with Crippen molar-refractivity contribution >= 4 is 24.8 Å². The zero-order valence-electron chi connectivity index (χ0n) is 5.62. The predicted octanol–water partition coefficient (Wildman–Crippen LogP) is -0.489. The lowest BCUT2D eigenvalue weighted by molar-refractivity contribution is 0.120. The van der Waals surface area contributed by atoms with E-state index in [1.54, 1.807) is 0 Å². The van der Waals surface area contributed by atoms with Crippen LogP contribution in [-0.4, -0.2) is 30.3 Å². The summed E-state index contributed by atoms with van der Waals surface area (Å²) in [6.07, 6.45) is 0.560. The molecule has 1 aliphatic heterocycles. The van der Waals surface area contributed by atoms with Gasteiger partial charge in [-0.3, -0.25) is 0 Å². The maximum Gasteiger partial charge on any atom is 0.0815 e. The molecule has 0 unspecified atom stereocenters. The number of β-amino-alcohol motifs (C(OH)–C–C–N with tert-alkyl or cyclic N) is 1. The lowest BCUT2D eigenvalue weighted by Gasteiger charge is -2.24. The second-order valence-corrected chi connectivity index (χ2v) is 2.22. The fraction of sp³-hybridized carbons (Fsp3) is 1.00. The zero-order valence-corrected chi connectivity index (χ0v) is 7.25. The first-order valence-corrected chi connectivity index (χ1v) is 2.95. The Hall–Kier alpha value is 0.460. The Labute approximate surface area is 73.2 Å². The van der Waals surface area contributed by atoms with Crippen molar-refractivity contribution in [2.24, 2.45) is 5.73 Å². The van der Waals surface area contributed by atoms with E-state index in [4.69, 9.17) is 10.8 Å². The van der Waals surface area contributed by atoms with Gasteiger partial charge in [-0.05, 0) is 13.0 Å². The standard InChI is InChI=1S/C5H12N2O.2ClH/c6-4-1-2-7-3-5(4)8;;/h4-5,7-8H,1-3,6H2;2*1H/t4-,5-;;/m1../s1. The van der Waals surface area contributed by atoms with Crippen LogP contribution in [0.3, 0.4) is 0 Å². The van der Waals surface area contributed by atoms with Gasteiger partial charge in [0, 0.05) is 12.6 Å². The molecule has 10 heavy (non-hydrogen) atoms. The number of piperidine rings is 1. The molecule has 4 N–H and O–H groups in total. The van der Waals surface area contributed by atoms with E-state index in [-0.39, 0.29) is 37.0 Å². The minimum Gasteiger partial charge on any atom is -0.390 e. The van der Waals surface area contributed by atoms with Crippen LogP contribution in [-0.2, 0) is 0 Å². The second-order valence-electron chi connectivity index (χ2n) is 2.22. The molecule has 1 heterocycles. The predicted molar refractivity (Wildman–Crippen MR) is 46.0 cm³/mol. The first kappa shape index (κ1) is 13.1. The Bertz CT molecular complexity index is 74.0. The molecule has 0 aromatic rings. The molecule has 64 valence electrons. The van der Waals surface area contributed by atoms with E-state index >= 15 is 0 Å². The van der Waals surface area contributed by atoms with Gasteiger partial charge in [-0.1, -0.05) is 0 Å². The van der Waals surface area contributed by atoms with Crippen molar-refractivity contribution in [1.29, 1.82) is 0 Å². The van der Waals surface area contributed by atoms with E-state index in [1.807, 2.05) is 0 Å². The van der Waals surface area contributed by atoms with Crippen LogP contribution in [0.25, 0.3) is 0 Å². The molecule has 1 saturated heterocycles. The third-order valence-corrected chi connectivity index (χ3v) is 1.50. The normalized spacial score (nSPS) is 31.8. The van der Waals surface area contributed by atoms with Crippen molar-refractivity contribution in [2.75, 3.05) is 13.1 Å². The molecular formula is C5H14Cl2N2O. The molecule has 2 atom stereocenters. The number of hydrogen-bond acceptors (Lipinski definition) is 3.